The number of amidine groups is 1. The van der Waals surface area contributed by atoms with Gasteiger partial charge in [0.05, 0.1) is 12.3 Å². The second-order valence-corrected chi connectivity index (χ2v) is 7.95. The molecule has 1 heterocycles. The Kier molecular flexibility index (Phi) is 7.30. The molecule has 1 aliphatic heterocycles. The number of anilines is 1. The van der Waals surface area contributed by atoms with Gasteiger partial charge in [0.25, 0.3) is 0 Å². The number of carbonyl (C=O) groups excluding carboxylic acids is 2. The molecular formula is C23H25N3O3S. The molecule has 30 heavy (non-hydrogen) atoms. The molecule has 2 aromatic carbocycles. The van der Waals surface area contributed by atoms with E-state index in [2.05, 4.69) is 16.9 Å². The summed E-state index contributed by atoms with van der Waals surface area (Å²) in [4.78, 5) is 31.5. The van der Waals surface area contributed by atoms with Gasteiger partial charge in [0.15, 0.2) is 5.17 Å². The van der Waals surface area contributed by atoms with Crippen molar-refractivity contribution >= 4 is 40.1 Å². The number of benzene rings is 2. The third kappa shape index (κ3) is 5.51. The number of nitrogens with one attached hydrogen (secondary N) is 1. The normalized spacial score (nSPS) is 17.3. The summed E-state index contributed by atoms with van der Waals surface area (Å²) in [7, 11) is 0. The Balaban J connectivity index is 1.70. The fourth-order valence-corrected chi connectivity index (χ4v) is 4.10. The van der Waals surface area contributed by atoms with Crippen LogP contribution in [0.5, 0.6) is 5.75 Å². The minimum Gasteiger partial charge on any atom is -0.494 e. The van der Waals surface area contributed by atoms with Crippen LogP contribution in [-0.4, -0.2) is 40.3 Å². The number of nitrogens with zero attached hydrogens (tertiary/aromatic N) is 2. The number of rotatable bonds is 8. The van der Waals surface area contributed by atoms with Crippen LogP contribution in [0.1, 0.15) is 18.9 Å². The van der Waals surface area contributed by atoms with Gasteiger partial charge in [0.1, 0.15) is 11.0 Å². The van der Waals surface area contributed by atoms with Gasteiger partial charge < -0.3 is 10.1 Å². The number of hydrogen-bond acceptors (Lipinski definition) is 5. The van der Waals surface area contributed by atoms with E-state index in [1.165, 1.54) is 11.8 Å². The molecular weight excluding hydrogens is 398 g/mol. The summed E-state index contributed by atoms with van der Waals surface area (Å²) in [5, 5.41) is 2.90. The average molecular weight is 424 g/mol. The lowest BCUT2D eigenvalue weighted by Crippen LogP contribution is -2.33. The van der Waals surface area contributed by atoms with Crippen LogP contribution < -0.4 is 10.1 Å². The standard InChI is InChI=1S/C23H25N3O3S/c1-4-14-26-22(28)20(15-21(27)24-17-8-6-16(3)7-9-17)30-23(26)25-18-10-12-19(13-11-18)29-5-2/h4,6-13,20H,1,5,14-15H2,2-3H3,(H,24,27)/t20-/m0/s1. The molecule has 7 heteroatoms. The molecule has 2 aromatic rings. The van der Waals surface area contributed by atoms with Crippen molar-refractivity contribution in [2.24, 2.45) is 4.99 Å². The van der Waals surface area contributed by atoms with Crippen LogP contribution in [0.3, 0.4) is 0 Å². The lowest BCUT2D eigenvalue weighted by atomic mass is 10.2. The van der Waals surface area contributed by atoms with Crippen LogP contribution in [-0.2, 0) is 9.59 Å². The third-order valence-electron chi connectivity index (χ3n) is 4.41. The number of carbonyl (C=O) groups is 2. The van der Waals surface area contributed by atoms with Crippen LogP contribution in [0.25, 0.3) is 0 Å². The number of aryl methyl sites for hydroxylation is 1. The molecule has 6 nitrogen and oxygen atoms in total. The van der Waals surface area contributed by atoms with E-state index in [9.17, 15) is 9.59 Å². The van der Waals surface area contributed by atoms with Crippen molar-refractivity contribution in [1.82, 2.24) is 4.90 Å². The summed E-state index contributed by atoms with van der Waals surface area (Å²) < 4.78 is 5.45. The van der Waals surface area contributed by atoms with Crippen molar-refractivity contribution in [3.05, 3.63) is 66.7 Å². The molecule has 0 saturated carbocycles. The molecule has 1 saturated heterocycles. The van der Waals surface area contributed by atoms with Crippen LogP contribution >= 0.6 is 11.8 Å². The maximum Gasteiger partial charge on any atom is 0.242 e. The van der Waals surface area contributed by atoms with Gasteiger partial charge in [-0.3, -0.25) is 14.5 Å². The molecule has 0 bridgehead atoms. The SMILES string of the molecule is C=CCN1C(=O)[C@H](CC(=O)Nc2ccc(C)cc2)SC1=Nc1ccc(OCC)cc1. The summed E-state index contributed by atoms with van der Waals surface area (Å²) in [6, 6.07) is 14.9. The van der Waals surface area contributed by atoms with Crippen molar-refractivity contribution in [3.8, 4) is 5.75 Å². The number of hydrogen-bond donors (Lipinski definition) is 1. The largest absolute Gasteiger partial charge is 0.494 e. The number of ether oxygens (including phenoxy) is 1. The summed E-state index contributed by atoms with van der Waals surface area (Å²) in [5.74, 6) is 0.430. The lowest BCUT2D eigenvalue weighted by Gasteiger charge is -2.14. The van der Waals surface area contributed by atoms with Crippen LogP contribution in [0.4, 0.5) is 11.4 Å². The first-order chi connectivity index (χ1) is 14.5. The molecule has 1 fully saturated rings. The highest BCUT2D eigenvalue weighted by molar-refractivity contribution is 8.15. The van der Waals surface area contributed by atoms with Crippen LogP contribution in [0.2, 0.25) is 0 Å². The van der Waals surface area contributed by atoms with E-state index in [-0.39, 0.29) is 18.2 Å². The minimum atomic E-state index is -0.517. The quantitative estimate of drug-likeness (QED) is 0.633. The fourth-order valence-electron chi connectivity index (χ4n) is 2.93. The van der Waals surface area contributed by atoms with Gasteiger partial charge in [-0.1, -0.05) is 35.5 Å². The van der Waals surface area contributed by atoms with Crippen molar-refractivity contribution < 1.29 is 14.3 Å². The second-order valence-electron chi connectivity index (χ2n) is 6.78. The van der Waals surface area contributed by atoms with Gasteiger partial charge in [0.2, 0.25) is 11.8 Å². The molecule has 1 aliphatic rings. The van der Waals surface area contributed by atoms with Crippen LogP contribution in [0, 0.1) is 6.92 Å². The fraction of sp³-hybridized carbons (Fsp3) is 0.261. The summed E-state index contributed by atoms with van der Waals surface area (Å²) in [6.07, 6.45) is 1.73. The summed E-state index contributed by atoms with van der Waals surface area (Å²) in [6.45, 7) is 8.58. The average Bonchev–Trinajstić information content (AvgIpc) is 3.00. The highest BCUT2D eigenvalue weighted by Crippen LogP contribution is 2.32. The van der Waals surface area contributed by atoms with E-state index in [1.54, 1.807) is 11.0 Å². The Labute approximate surface area is 181 Å². The van der Waals surface area contributed by atoms with Gasteiger partial charge in [-0.25, -0.2) is 4.99 Å². The monoisotopic (exact) mass is 423 g/mol. The number of amides is 2. The van der Waals surface area contributed by atoms with Gasteiger partial charge >= 0.3 is 0 Å². The van der Waals surface area contributed by atoms with Crippen molar-refractivity contribution in [2.75, 3.05) is 18.5 Å². The summed E-state index contributed by atoms with van der Waals surface area (Å²) in [5.41, 5.74) is 2.55. The van der Waals surface area contributed by atoms with E-state index in [0.29, 0.717) is 29.7 Å². The molecule has 0 spiro atoms. The Morgan fingerprint density at radius 2 is 1.93 bits per heavy atom. The predicted octanol–water partition coefficient (Wildman–Crippen LogP) is 4.54. The van der Waals surface area contributed by atoms with E-state index in [1.807, 2.05) is 62.4 Å². The van der Waals surface area contributed by atoms with Crippen LogP contribution in [0.15, 0.2) is 66.2 Å². The van der Waals surface area contributed by atoms with Crippen molar-refractivity contribution in [2.45, 2.75) is 25.5 Å². The Morgan fingerprint density at radius 3 is 2.57 bits per heavy atom. The maximum absolute atomic E-state index is 12.8. The Bertz CT molecular complexity index is 939. The molecule has 2 amide bonds. The predicted molar refractivity (Wildman–Crippen MR) is 122 cm³/mol. The molecule has 0 aliphatic carbocycles. The van der Waals surface area contributed by atoms with Crippen molar-refractivity contribution in [1.29, 1.82) is 0 Å². The zero-order valence-electron chi connectivity index (χ0n) is 17.1. The third-order valence-corrected chi connectivity index (χ3v) is 5.59. The number of thioether (sulfide) groups is 1. The van der Waals surface area contributed by atoms with Crippen molar-refractivity contribution in [3.63, 3.8) is 0 Å². The van der Waals surface area contributed by atoms with Gasteiger partial charge in [0, 0.05) is 18.7 Å². The zero-order valence-corrected chi connectivity index (χ0v) is 17.9. The molecule has 0 radical (unpaired) electrons. The Morgan fingerprint density at radius 1 is 1.23 bits per heavy atom. The first-order valence-electron chi connectivity index (χ1n) is 9.77. The summed E-state index contributed by atoms with van der Waals surface area (Å²) >= 11 is 1.30. The molecule has 3 rings (SSSR count). The first-order valence-corrected chi connectivity index (χ1v) is 10.6. The lowest BCUT2D eigenvalue weighted by molar-refractivity contribution is -0.127. The van der Waals surface area contributed by atoms with Gasteiger partial charge in [-0.05, 0) is 50.2 Å². The maximum atomic E-state index is 12.8. The topological polar surface area (TPSA) is 71.0 Å². The molecule has 156 valence electrons. The molecule has 0 unspecified atom stereocenters. The van der Waals surface area contributed by atoms with E-state index >= 15 is 0 Å². The highest BCUT2D eigenvalue weighted by atomic mass is 32.2. The van der Waals surface area contributed by atoms with E-state index in [0.717, 1.165) is 11.3 Å². The van der Waals surface area contributed by atoms with E-state index in [4.69, 9.17) is 4.74 Å². The first kappa shape index (κ1) is 21.6. The molecule has 1 atom stereocenters. The second kappa shape index (κ2) is 10.1. The van der Waals surface area contributed by atoms with Gasteiger partial charge in [-0.15, -0.1) is 6.58 Å². The number of aliphatic imine (C=N–C) groups is 1. The Hall–Kier alpha value is -3.06. The molecule has 0 aromatic heterocycles. The zero-order chi connectivity index (χ0) is 21.5. The minimum absolute atomic E-state index is 0.0767. The highest BCUT2D eigenvalue weighted by Gasteiger charge is 2.38. The van der Waals surface area contributed by atoms with Gasteiger partial charge in [-0.2, -0.15) is 0 Å². The van der Waals surface area contributed by atoms with E-state index < -0.39 is 5.25 Å². The molecule has 1 N–H and O–H groups in total. The smallest absolute Gasteiger partial charge is 0.242 e.